The summed E-state index contributed by atoms with van der Waals surface area (Å²) >= 11 is 0. The van der Waals surface area contributed by atoms with Crippen LogP contribution < -0.4 is 0 Å². The monoisotopic (exact) mass is 218 g/mol. The van der Waals surface area contributed by atoms with Crippen LogP contribution in [0.3, 0.4) is 0 Å². The van der Waals surface area contributed by atoms with Crippen LogP contribution in [0.4, 0.5) is 0 Å². The molecule has 0 heterocycles. The molecule has 0 bridgehead atoms. The summed E-state index contributed by atoms with van der Waals surface area (Å²) in [5.41, 5.74) is 4.06. The molecule has 0 aliphatic heterocycles. The second kappa shape index (κ2) is 3.26. The van der Waals surface area contributed by atoms with E-state index in [4.69, 9.17) is 0 Å². The summed E-state index contributed by atoms with van der Waals surface area (Å²) < 4.78 is 0. The van der Waals surface area contributed by atoms with Gasteiger partial charge in [-0.15, -0.1) is 0 Å². The lowest BCUT2D eigenvalue weighted by molar-refractivity contribution is 0.465. The normalized spacial score (nSPS) is 18.6. The van der Waals surface area contributed by atoms with E-state index in [2.05, 4.69) is 40.7 Å². The second-order valence-corrected chi connectivity index (χ2v) is 6.66. The molecular weight excluding hydrogens is 196 g/mol. The highest BCUT2D eigenvalue weighted by Crippen LogP contribution is 2.44. The summed E-state index contributed by atoms with van der Waals surface area (Å²) in [6.07, 6.45) is 2.15. The molecule has 88 valence electrons. The van der Waals surface area contributed by atoms with Crippen LogP contribution in [0.5, 0.6) is 5.75 Å². The summed E-state index contributed by atoms with van der Waals surface area (Å²) in [6, 6.07) is 4.24. The molecule has 0 fully saturated rings. The Morgan fingerprint density at radius 1 is 1.19 bits per heavy atom. The molecule has 16 heavy (non-hydrogen) atoms. The van der Waals surface area contributed by atoms with Crippen LogP contribution in [0.1, 0.15) is 57.7 Å². The smallest absolute Gasteiger partial charge is 0.119 e. The maximum atomic E-state index is 10.1. The fourth-order valence-electron chi connectivity index (χ4n) is 2.53. The van der Waals surface area contributed by atoms with Crippen molar-refractivity contribution in [3.05, 3.63) is 28.8 Å². The highest BCUT2D eigenvalue weighted by Gasteiger charge is 2.33. The molecule has 1 nitrogen and oxygen atoms in total. The van der Waals surface area contributed by atoms with Crippen LogP contribution in [0.2, 0.25) is 0 Å². The highest BCUT2D eigenvalue weighted by molar-refractivity contribution is 5.50. The van der Waals surface area contributed by atoms with Crippen molar-refractivity contribution in [1.82, 2.24) is 0 Å². The third-order valence-corrected chi connectivity index (χ3v) is 3.82. The van der Waals surface area contributed by atoms with Gasteiger partial charge in [0.25, 0.3) is 0 Å². The van der Waals surface area contributed by atoms with E-state index in [9.17, 15) is 5.11 Å². The Bertz CT molecular complexity index is 422. The summed E-state index contributed by atoms with van der Waals surface area (Å²) in [5.74, 6) is 0.494. The van der Waals surface area contributed by atoms with E-state index in [1.54, 1.807) is 0 Å². The standard InChI is InChI=1S/C15H22O/c1-14(2,3)10-8-12-11(13(16)9-10)6-7-15(12,4)5/h8-9,16H,6-7H2,1-5H3. The zero-order chi connectivity index (χ0) is 12.1. The van der Waals surface area contributed by atoms with E-state index < -0.39 is 0 Å². The van der Waals surface area contributed by atoms with Crippen molar-refractivity contribution < 1.29 is 5.11 Å². The molecule has 1 N–H and O–H groups in total. The van der Waals surface area contributed by atoms with Gasteiger partial charge in [-0.1, -0.05) is 40.7 Å². The molecule has 1 aromatic rings. The minimum atomic E-state index is 0.102. The molecule has 0 radical (unpaired) electrons. The molecule has 1 heteroatoms. The summed E-state index contributed by atoms with van der Waals surface area (Å²) in [4.78, 5) is 0. The molecule has 0 atom stereocenters. The molecule has 0 amide bonds. The van der Waals surface area contributed by atoms with Gasteiger partial charge in [-0.25, -0.2) is 0 Å². The molecular formula is C15H22O. The fourth-order valence-corrected chi connectivity index (χ4v) is 2.53. The van der Waals surface area contributed by atoms with Crippen molar-refractivity contribution >= 4 is 0 Å². The van der Waals surface area contributed by atoms with Gasteiger partial charge >= 0.3 is 0 Å². The summed E-state index contributed by atoms with van der Waals surface area (Å²) in [5, 5.41) is 10.1. The van der Waals surface area contributed by atoms with E-state index in [0.29, 0.717) is 5.75 Å². The lowest BCUT2D eigenvalue weighted by Gasteiger charge is -2.24. The van der Waals surface area contributed by atoms with Crippen molar-refractivity contribution in [2.75, 3.05) is 0 Å². The quantitative estimate of drug-likeness (QED) is 0.700. The average Bonchev–Trinajstić information content (AvgIpc) is 2.41. The number of phenols is 1. The first kappa shape index (κ1) is 11.5. The van der Waals surface area contributed by atoms with Gasteiger partial charge in [-0.05, 0) is 46.4 Å². The van der Waals surface area contributed by atoms with E-state index in [1.807, 2.05) is 6.07 Å². The average molecular weight is 218 g/mol. The zero-order valence-electron chi connectivity index (χ0n) is 11.0. The number of hydrogen-bond acceptors (Lipinski definition) is 1. The minimum Gasteiger partial charge on any atom is -0.508 e. The molecule has 0 aromatic heterocycles. The van der Waals surface area contributed by atoms with E-state index in [1.165, 1.54) is 11.1 Å². The minimum absolute atomic E-state index is 0.102. The summed E-state index contributed by atoms with van der Waals surface area (Å²) in [7, 11) is 0. The Morgan fingerprint density at radius 3 is 2.38 bits per heavy atom. The first-order chi connectivity index (χ1) is 7.22. The van der Waals surface area contributed by atoms with Gasteiger partial charge in [0, 0.05) is 0 Å². The zero-order valence-corrected chi connectivity index (χ0v) is 11.0. The Balaban J connectivity index is 2.62. The summed E-state index contributed by atoms with van der Waals surface area (Å²) in [6.45, 7) is 11.1. The van der Waals surface area contributed by atoms with Gasteiger partial charge in [0.15, 0.2) is 0 Å². The number of fused-ring (bicyclic) bond motifs is 1. The molecule has 1 aliphatic carbocycles. The van der Waals surface area contributed by atoms with Crippen molar-refractivity contribution in [3.8, 4) is 5.75 Å². The van der Waals surface area contributed by atoms with Crippen molar-refractivity contribution in [2.24, 2.45) is 0 Å². The van der Waals surface area contributed by atoms with Gasteiger partial charge in [0.05, 0.1) is 0 Å². The molecule has 0 unspecified atom stereocenters. The van der Waals surface area contributed by atoms with Gasteiger partial charge in [0.2, 0.25) is 0 Å². The van der Waals surface area contributed by atoms with Gasteiger partial charge in [-0.2, -0.15) is 0 Å². The Labute approximate surface area is 98.5 Å². The number of aromatic hydroxyl groups is 1. The number of phenolic OH excluding ortho intramolecular Hbond substituents is 1. The lowest BCUT2D eigenvalue weighted by Crippen LogP contribution is -2.16. The van der Waals surface area contributed by atoms with Crippen molar-refractivity contribution in [1.29, 1.82) is 0 Å². The van der Waals surface area contributed by atoms with E-state index in [0.717, 1.165) is 18.4 Å². The van der Waals surface area contributed by atoms with Crippen LogP contribution in [0, 0.1) is 0 Å². The Morgan fingerprint density at radius 2 is 1.81 bits per heavy atom. The third kappa shape index (κ3) is 1.73. The number of hydrogen-bond donors (Lipinski definition) is 1. The molecule has 0 spiro atoms. The Kier molecular flexibility index (Phi) is 2.34. The predicted octanol–water partition coefficient (Wildman–Crippen LogP) is 3.91. The van der Waals surface area contributed by atoms with Gasteiger partial charge in [-0.3, -0.25) is 0 Å². The van der Waals surface area contributed by atoms with Crippen LogP contribution in [0.25, 0.3) is 0 Å². The first-order valence-electron chi connectivity index (χ1n) is 6.09. The van der Waals surface area contributed by atoms with Crippen LogP contribution in [0.15, 0.2) is 12.1 Å². The van der Waals surface area contributed by atoms with Gasteiger partial charge < -0.3 is 5.11 Å². The van der Waals surface area contributed by atoms with Crippen LogP contribution in [-0.4, -0.2) is 5.11 Å². The van der Waals surface area contributed by atoms with Gasteiger partial charge in [0.1, 0.15) is 5.75 Å². The SMILES string of the molecule is CC(C)(C)c1cc(O)c2c(c1)C(C)(C)CC2. The maximum absolute atomic E-state index is 10.1. The third-order valence-electron chi connectivity index (χ3n) is 3.82. The molecule has 1 aliphatic rings. The number of benzene rings is 1. The largest absolute Gasteiger partial charge is 0.508 e. The van der Waals surface area contributed by atoms with E-state index in [-0.39, 0.29) is 10.8 Å². The molecule has 2 rings (SSSR count). The first-order valence-corrected chi connectivity index (χ1v) is 6.09. The Hall–Kier alpha value is -0.980. The topological polar surface area (TPSA) is 20.2 Å². The molecule has 1 aromatic carbocycles. The van der Waals surface area contributed by atoms with Crippen LogP contribution in [-0.2, 0) is 17.3 Å². The highest BCUT2D eigenvalue weighted by atomic mass is 16.3. The lowest BCUT2D eigenvalue weighted by atomic mass is 9.80. The second-order valence-electron chi connectivity index (χ2n) is 6.66. The molecule has 0 saturated heterocycles. The number of rotatable bonds is 0. The maximum Gasteiger partial charge on any atom is 0.119 e. The van der Waals surface area contributed by atoms with Crippen LogP contribution >= 0.6 is 0 Å². The van der Waals surface area contributed by atoms with Crippen molar-refractivity contribution in [2.45, 2.75) is 58.3 Å². The predicted molar refractivity (Wildman–Crippen MR) is 68.2 cm³/mol. The van der Waals surface area contributed by atoms with E-state index >= 15 is 0 Å². The molecule has 0 saturated carbocycles. The fraction of sp³-hybridized carbons (Fsp3) is 0.600. The van der Waals surface area contributed by atoms with Crippen molar-refractivity contribution in [3.63, 3.8) is 0 Å².